The number of carbonyl (C=O) groups is 1. The molecule has 1 saturated heterocycles. The first-order valence-corrected chi connectivity index (χ1v) is 9.16. The van der Waals surface area contributed by atoms with E-state index in [9.17, 15) is 4.79 Å². The molecule has 27 heavy (non-hydrogen) atoms. The zero-order valence-corrected chi connectivity index (χ0v) is 15.9. The summed E-state index contributed by atoms with van der Waals surface area (Å²) in [7, 11) is 3.42. The van der Waals surface area contributed by atoms with Crippen LogP contribution in [0.1, 0.15) is 24.0 Å². The maximum atomic E-state index is 11.8. The minimum Gasteiger partial charge on any atom is -0.497 e. The number of nitrogens with zero attached hydrogens (tertiary/aromatic N) is 2. The Morgan fingerprint density at radius 3 is 2.11 bits per heavy atom. The van der Waals surface area contributed by atoms with Gasteiger partial charge in [-0.2, -0.15) is 0 Å². The van der Waals surface area contributed by atoms with Gasteiger partial charge in [-0.25, -0.2) is 0 Å². The molecule has 1 aliphatic heterocycles. The van der Waals surface area contributed by atoms with Crippen LogP contribution in [0.2, 0.25) is 0 Å². The van der Waals surface area contributed by atoms with Gasteiger partial charge in [-0.3, -0.25) is 9.79 Å². The van der Waals surface area contributed by atoms with E-state index in [0.29, 0.717) is 19.5 Å². The van der Waals surface area contributed by atoms with Gasteiger partial charge < -0.3 is 20.3 Å². The van der Waals surface area contributed by atoms with Gasteiger partial charge >= 0.3 is 0 Å². The lowest BCUT2D eigenvalue weighted by Crippen LogP contribution is -2.36. The van der Waals surface area contributed by atoms with Gasteiger partial charge in [0.25, 0.3) is 0 Å². The number of hydrogen-bond donors (Lipinski definition) is 2. The molecule has 2 aromatic rings. The van der Waals surface area contributed by atoms with E-state index in [0.717, 1.165) is 41.5 Å². The van der Waals surface area contributed by atoms with Crippen LogP contribution in [-0.4, -0.2) is 32.6 Å². The highest BCUT2D eigenvalue weighted by molar-refractivity contribution is 5.95. The number of amides is 1. The molecule has 0 bridgehead atoms. The number of hydrogen-bond acceptors (Lipinski definition) is 3. The summed E-state index contributed by atoms with van der Waals surface area (Å²) in [5.74, 6) is 1.80. The quantitative estimate of drug-likeness (QED) is 0.609. The van der Waals surface area contributed by atoms with Crippen LogP contribution >= 0.6 is 0 Å². The van der Waals surface area contributed by atoms with Crippen molar-refractivity contribution in [3.63, 3.8) is 0 Å². The Bertz CT molecular complexity index is 785. The number of ether oxygens (including phenoxy) is 1. The van der Waals surface area contributed by atoms with Crippen molar-refractivity contribution < 1.29 is 9.53 Å². The molecule has 2 aromatic carbocycles. The Morgan fingerprint density at radius 1 is 1.04 bits per heavy atom. The molecule has 0 unspecified atom stereocenters. The lowest BCUT2D eigenvalue weighted by Gasteiger charge is -2.16. The zero-order chi connectivity index (χ0) is 19.1. The third kappa shape index (κ3) is 5.00. The molecule has 6 heteroatoms. The fourth-order valence-electron chi connectivity index (χ4n) is 3.05. The first kappa shape index (κ1) is 18.8. The van der Waals surface area contributed by atoms with E-state index in [-0.39, 0.29) is 5.91 Å². The van der Waals surface area contributed by atoms with Gasteiger partial charge in [0.05, 0.1) is 7.11 Å². The molecule has 1 heterocycles. The van der Waals surface area contributed by atoms with Crippen LogP contribution in [0, 0.1) is 0 Å². The van der Waals surface area contributed by atoms with Crippen LogP contribution in [0.3, 0.4) is 0 Å². The van der Waals surface area contributed by atoms with Crippen molar-refractivity contribution in [1.82, 2.24) is 10.6 Å². The summed E-state index contributed by atoms with van der Waals surface area (Å²) in [5.41, 5.74) is 3.26. The molecule has 1 aliphatic rings. The van der Waals surface area contributed by atoms with Gasteiger partial charge in [-0.05, 0) is 41.8 Å². The lowest BCUT2D eigenvalue weighted by molar-refractivity contribution is -0.117. The second-order valence-electron chi connectivity index (χ2n) is 6.44. The van der Waals surface area contributed by atoms with Crippen LogP contribution in [0.5, 0.6) is 5.75 Å². The average Bonchev–Trinajstić information content (AvgIpc) is 3.15. The monoisotopic (exact) mass is 366 g/mol. The molecule has 142 valence electrons. The summed E-state index contributed by atoms with van der Waals surface area (Å²) in [6.45, 7) is 2.16. The predicted octanol–water partition coefficient (Wildman–Crippen LogP) is 2.69. The fourth-order valence-corrected chi connectivity index (χ4v) is 3.05. The normalized spacial score (nSPS) is 14.4. The van der Waals surface area contributed by atoms with E-state index in [4.69, 9.17) is 4.74 Å². The minimum atomic E-state index is 0.212. The third-order valence-corrected chi connectivity index (χ3v) is 4.62. The zero-order valence-electron chi connectivity index (χ0n) is 15.9. The maximum absolute atomic E-state index is 11.8. The van der Waals surface area contributed by atoms with Crippen LogP contribution in [0.25, 0.3) is 0 Å². The summed E-state index contributed by atoms with van der Waals surface area (Å²) < 4.78 is 5.17. The predicted molar refractivity (Wildman–Crippen MR) is 108 cm³/mol. The number of benzene rings is 2. The molecule has 3 rings (SSSR count). The number of rotatable bonds is 6. The molecular weight excluding hydrogens is 340 g/mol. The molecule has 0 spiro atoms. The highest BCUT2D eigenvalue weighted by atomic mass is 16.5. The standard InChI is InChI=1S/C21H26N4O2/c1-22-21(24-15-17-7-11-19(27-2)12-8-17)23-14-16-5-9-18(10-6-16)25-13-3-4-20(25)26/h5-12H,3-4,13-15H2,1-2H3,(H2,22,23,24). The Kier molecular flexibility index (Phi) is 6.30. The second-order valence-corrected chi connectivity index (χ2v) is 6.44. The maximum Gasteiger partial charge on any atom is 0.227 e. The largest absolute Gasteiger partial charge is 0.497 e. The number of guanidine groups is 1. The summed E-state index contributed by atoms with van der Waals surface area (Å²) in [6, 6.07) is 16.0. The van der Waals surface area contributed by atoms with Gasteiger partial charge in [0.15, 0.2) is 5.96 Å². The Balaban J connectivity index is 1.49. The van der Waals surface area contributed by atoms with Crippen LogP contribution in [-0.2, 0) is 17.9 Å². The van der Waals surface area contributed by atoms with Gasteiger partial charge in [-0.1, -0.05) is 24.3 Å². The average molecular weight is 366 g/mol. The number of carbonyl (C=O) groups excluding carboxylic acids is 1. The van der Waals surface area contributed by atoms with Crippen molar-refractivity contribution in [1.29, 1.82) is 0 Å². The van der Waals surface area contributed by atoms with E-state index in [1.54, 1.807) is 14.2 Å². The van der Waals surface area contributed by atoms with Crippen molar-refractivity contribution in [2.24, 2.45) is 4.99 Å². The van der Waals surface area contributed by atoms with Gasteiger partial charge in [0, 0.05) is 38.8 Å². The van der Waals surface area contributed by atoms with Gasteiger partial charge in [-0.15, -0.1) is 0 Å². The molecule has 2 N–H and O–H groups in total. The minimum absolute atomic E-state index is 0.212. The lowest BCUT2D eigenvalue weighted by atomic mass is 10.2. The number of methoxy groups -OCH3 is 1. The number of nitrogens with one attached hydrogen (secondary N) is 2. The highest BCUT2D eigenvalue weighted by Crippen LogP contribution is 2.21. The van der Waals surface area contributed by atoms with Crippen LogP contribution in [0.15, 0.2) is 53.5 Å². The number of anilines is 1. The van der Waals surface area contributed by atoms with E-state index in [1.165, 1.54) is 0 Å². The molecule has 0 radical (unpaired) electrons. The summed E-state index contributed by atoms with van der Waals surface area (Å²) in [5, 5.41) is 6.61. The molecule has 1 amide bonds. The molecular formula is C21H26N4O2. The van der Waals surface area contributed by atoms with Gasteiger partial charge in [0.1, 0.15) is 5.75 Å². The smallest absolute Gasteiger partial charge is 0.227 e. The first-order valence-electron chi connectivity index (χ1n) is 9.16. The van der Waals surface area contributed by atoms with E-state index in [2.05, 4.69) is 15.6 Å². The molecule has 6 nitrogen and oxygen atoms in total. The third-order valence-electron chi connectivity index (χ3n) is 4.62. The van der Waals surface area contributed by atoms with Crippen molar-refractivity contribution in [3.8, 4) is 5.75 Å². The Hall–Kier alpha value is -3.02. The molecule has 0 saturated carbocycles. The fraction of sp³-hybridized carbons (Fsp3) is 0.333. The number of aliphatic imine (C=N–C) groups is 1. The summed E-state index contributed by atoms with van der Waals surface area (Å²) >= 11 is 0. The van der Waals surface area contributed by atoms with E-state index in [1.807, 2.05) is 53.4 Å². The van der Waals surface area contributed by atoms with Gasteiger partial charge in [0.2, 0.25) is 5.91 Å². The van der Waals surface area contributed by atoms with E-state index < -0.39 is 0 Å². The molecule has 0 aromatic heterocycles. The first-order chi connectivity index (χ1) is 13.2. The van der Waals surface area contributed by atoms with Crippen LogP contribution in [0.4, 0.5) is 5.69 Å². The highest BCUT2D eigenvalue weighted by Gasteiger charge is 2.21. The Morgan fingerprint density at radius 2 is 1.63 bits per heavy atom. The van der Waals surface area contributed by atoms with Crippen molar-refractivity contribution in [2.45, 2.75) is 25.9 Å². The molecule has 0 aliphatic carbocycles. The molecule has 0 atom stereocenters. The van der Waals surface area contributed by atoms with Crippen molar-refractivity contribution in [3.05, 3.63) is 59.7 Å². The SMILES string of the molecule is CN=C(NCc1ccc(OC)cc1)NCc1ccc(N2CCCC2=O)cc1. The summed E-state index contributed by atoms with van der Waals surface area (Å²) in [4.78, 5) is 17.9. The van der Waals surface area contributed by atoms with Crippen molar-refractivity contribution >= 4 is 17.6 Å². The van der Waals surface area contributed by atoms with E-state index >= 15 is 0 Å². The molecule has 1 fully saturated rings. The van der Waals surface area contributed by atoms with Crippen molar-refractivity contribution in [2.75, 3.05) is 25.6 Å². The summed E-state index contributed by atoms with van der Waals surface area (Å²) in [6.07, 6.45) is 1.60. The van der Waals surface area contributed by atoms with Crippen LogP contribution < -0.4 is 20.3 Å². The Labute approximate surface area is 160 Å². The second kappa shape index (κ2) is 9.07. The topological polar surface area (TPSA) is 66.0 Å².